The quantitative estimate of drug-likeness (QED) is 0.160. The van der Waals surface area contributed by atoms with E-state index in [1.54, 1.807) is 40.0 Å². The van der Waals surface area contributed by atoms with Crippen LogP contribution in [0.25, 0.3) is 0 Å². The zero-order valence-electron chi connectivity index (χ0n) is 26.2. The van der Waals surface area contributed by atoms with Gasteiger partial charge < -0.3 is 29.4 Å². The number of nitrogens with zero attached hydrogens (tertiary/aromatic N) is 1. The van der Waals surface area contributed by atoms with Crippen LogP contribution in [0.2, 0.25) is 0 Å². The Kier molecular flexibility index (Phi) is 11.6. The molecule has 9 nitrogen and oxygen atoms in total. The maximum absolute atomic E-state index is 14.3. The Balaban J connectivity index is 1.69. The van der Waals surface area contributed by atoms with Crippen LogP contribution in [0.5, 0.6) is 11.5 Å². The summed E-state index contributed by atoms with van der Waals surface area (Å²) in [6, 6.07) is 22.4. The van der Waals surface area contributed by atoms with Crippen molar-refractivity contribution in [3.63, 3.8) is 0 Å². The van der Waals surface area contributed by atoms with Gasteiger partial charge in [0.25, 0.3) is 5.91 Å². The number of esters is 1. The zero-order valence-corrected chi connectivity index (χ0v) is 27.8. The molecule has 0 aliphatic carbocycles. The Morgan fingerprint density at radius 3 is 2.44 bits per heavy atom. The molecule has 1 aliphatic rings. The summed E-state index contributed by atoms with van der Waals surface area (Å²) in [6.07, 6.45) is 0.296. The lowest BCUT2D eigenvalue weighted by Gasteiger charge is -2.31. The van der Waals surface area contributed by atoms with Gasteiger partial charge in [-0.1, -0.05) is 40.2 Å². The van der Waals surface area contributed by atoms with Gasteiger partial charge in [-0.2, -0.15) is 0 Å². The number of halogens is 1. The van der Waals surface area contributed by atoms with Crippen molar-refractivity contribution < 1.29 is 33.6 Å². The monoisotopic (exact) mass is 680 g/mol. The molecule has 240 valence electrons. The second-order valence-corrected chi connectivity index (χ2v) is 12.7. The third-order valence-electron chi connectivity index (χ3n) is 7.17. The Morgan fingerprint density at radius 2 is 1.78 bits per heavy atom. The van der Waals surface area contributed by atoms with Crippen LogP contribution in [0.4, 0.5) is 0 Å². The number of aliphatic hydroxyl groups excluding tert-OH is 1. The van der Waals surface area contributed by atoms with Gasteiger partial charge in [0, 0.05) is 36.0 Å². The normalized spacial score (nSPS) is 17.6. The van der Waals surface area contributed by atoms with E-state index < -0.39 is 23.2 Å². The summed E-state index contributed by atoms with van der Waals surface area (Å²) < 4.78 is 24.3. The molecule has 0 aromatic heterocycles. The van der Waals surface area contributed by atoms with Gasteiger partial charge >= 0.3 is 5.97 Å². The Bertz CT molecular complexity index is 1470. The third-order valence-corrected chi connectivity index (χ3v) is 7.70. The van der Waals surface area contributed by atoms with E-state index >= 15 is 0 Å². The number of rotatable bonds is 14. The smallest absolute Gasteiger partial charge is 0.306 e. The summed E-state index contributed by atoms with van der Waals surface area (Å²) >= 11 is 3.46. The van der Waals surface area contributed by atoms with Crippen LogP contribution >= 0.6 is 15.9 Å². The number of hydrogen-bond donors (Lipinski definition) is 2. The van der Waals surface area contributed by atoms with E-state index in [0.29, 0.717) is 48.6 Å². The average Bonchev–Trinajstić information content (AvgIpc) is 3.42. The number of amides is 1. The molecule has 2 N–H and O–H groups in total. The van der Waals surface area contributed by atoms with E-state index in [1.807, 2.05) is 60.7 Å². The van der Waals surface area contributed by atoms with Crippen molar-refractivity contribution in [1.82, 2.24) is 5.32 Å². The van der Waals surface area contributed by atoms with E-state index in [4.69, 9.17) is 29.0 Å². The molecular formula is C35H41BrN2O7. The minimum Gasteiger partial charge on any atom is -0.497 e. The molecule has 2 atom stereocenters. The summed E-state index contributed by atoms with van der Waals surface area (Å²) in [7, 11) is 1.57. The minimum absolute atomic E-state index is 0.0460. The predicted octanol–water partition coefficient (Wildman–Crippen LogP) is 5.96. The van der Waals surface area contributed by atoms with Crippen LogP contribution in [0, 0.1) is 0 Å². The first-order valence-electron chi connectivity index (χ1n) is 15.0. The Labute approximate surface area is 273 Å². The molecule has 4 rings (SSSR count). The summed E-state index contributed by atoms with van der Waals surface area (Å²) in [5.74, 6) is 0.733. The van der Waals surface area contributed by atoms with E-state index in [1.165, 1.54) is 0 Å². The second kappa shape index (κ2) is 15.4. The molecule has 0 unspecified atom stereocenters. The molecule has 3 aromatic carbocycles. The van der Waals surface area contributed by atoms with Crippen LogP contribution in [-0.2, 0) is 25.5 Å². The molecule has 45 heavy (non-hydrogen) atoms. The Hall–Kier alpha value is -3.89. The van der Waals surface area contributed by atoms with Crippen molar-refractivity contribution in [2.24, 2.45) is 4.99 Å². The van der Waals surface area contributed by atoms with Gasteiger partial charge in [-0.15, -0.1) is 0 Å². The molecule has 0 radical (unpaired) electrons. The number of nitrogens with one attached hydrogen (secondary N) is 1. The summed E-state index contributed by atoms with van der Waals surface area (Å²) in [5, 5.41) is 12.1. The highest BCUT2D eigenvalue weighted by atomic mass is 79.9. The molecule has 1 aliphatic heterocycles. The third kappa shape index (κ3) is 9.31. The van der Waals surface area contributed by atoms with Gasteiger partial charge in [0.2, 0.25) is 5.90 Å². The lowest BCUT2D eigenvalue weighted by molar-refractivity contribution is -0.155. The molecule has 1 heterocycles. The average molecular weight is 682 g/mol. The molecule has 0 saturated heterocycles. The van der Waals surface area contributed by atoms with E-state index in [9.17, 15) is 9.59 Å². The van der Waals surface area contributed by atoms with Crippen LogP contribution in [0.1, 0.15) is 62.8 Å². The Morgan fingerprint density at radius 1 is 1.04 bits per heavy atom. The molecule has 0 saturated carbocycles. The number of hydrogen-bond acceptors (Lipinski definition) is 8. The summed E-state index contributed by atoms with van der Waals surface area (Å²) in [6.45, 7) is 6.22. The van der Waals surface area contributed by atoms with Gasteiger partial charge in [-0.05, 0) is 93.3 Å². The highest BCUT2D eigenvalue weighted by molar-refractivity contribution is 9.10. The second-order valence-electron chi connectivity index (χ2n) is 11.8. The van der Waals surface area contributed by atoms with E-state index in [2.05, 4.69) is 21.2 Å². The highest BCUT2D eigenvalue weighted by Gasteiger charge is 2.53. The predicted molar refractivity (Wildman–Crippen MR) is 176 cm³/mol. The first-order valence-corrected chi connectivity index (χ1v) is 15.8. The van der Waals surface area contributed by atoms with E-state index in [0.717, 1.165) is 10.0 Å². The molecule has 0 fully saturated rings. The topological polar surface area (TPSA) is 116 Å². The minimum atomic E-state index is -1.48. The number of aliphatic hydroxyl groups is 1. The fourth-order valence-electron chi connectivity index (χ4n) is 4.98. The van der Waals surface area contributed by atoms with Gasteiger partial charge in [-0.25, -0.2) is 4.99 Å². The molecule has 0 spiro atoms. The molecule has 3 aromatic rings. The maximum atomic E-state index is 14.3. The lowest BCUT2D eigenvalue weighted by atomic mass is 9.83. The summed E-state index contributed by atoms with van der Waals surface area (Å²) in [5.41, 5.74) is 0.252. The fraction of sp³-hybridized carbons (Fsp3) is 0.400. The van der Waals surface area contributed by atoms with Crippen molar-refractivity contribution in [2.75, 3.05) is 26.9 Å². The molecule has 0 bridgehead atoms. The number of benzene rings is 3. The number of ether oxygens (including phenoxy) is 4. The summed E-state index contributed by atoms with van der Waals surface area (Å²) in [4.78, 5) is 32.2. The van der Waals surface area contributed by atoms with Crippen molar-refractivity contribution in [1.29, 1.82) is 0 Å². The number of aliphatic imine (C=N–C) groups is 1. The van der Waals surface area contributed by atoms with Gasteiger partial charge in [-0.3, -0.25) is 9.59 Å². The highest BCUT2D eigenvalue weighted by Crippen LogP contribution is 2.44. The standard InChI is InChI=1S/C35H41BrN2O7/c1-34(2,3)45-30(40)17-19-35(33(41)37-20-18-24-9-13-27(36)14-10-24)31(26-7-5-8-29(23-26)42-4)44-32(38-35)25-11-15-28(16-12-25)43-22-6-21-39/h5,7-16,23,31,39H,6,17-22H2,1-4H3,(H,37,41)/t31-,35-/m1/s1. The van der Waals surface area contributed by atoms with Crippen LogP contribution in [0.15, 0.2) is 82.3 Å². The largest absolute Gasteiger partial charge is 0.497 e. The maximum Gasteiger partial charge on any atom is 0.306 e. The van der Waals surface area contributed by atoms with Gasteiger partial charge in [0.15, 0.2) is 11.6 Å². The van der Waals surface area contributed by atoms with Crippen LogP contribution in [-0.4, -0.2) is 60.9 Å². The van der Waals surface area contributed by atoms with E-state index in [-0.39, 0.29) is 31.3 Å². The SMILES string of the molecule is COc1cccc([C@H]2OC(c3ccc(OCCCO)cc3)=N[C@@]2(CCC(=O)OC(C)(C)C)C(=O)NCCc2ccc(Br)cc2)c1. The zero-order chi connectivity index (χ0) is 32.5. The lowest BCUT2D eigenvalue weighted by Crippen LogP contribution is -2.49. The van der Waals surface area contributed by atoms with Crippen molar-refractivity contribution in [3.8, 4) is 11.5 Å². The molecule has 10 heteroatoms. The van der Waals surface area contributed by atoms with Gasteiger partial charge in [0.1, 0.15) is 17.1 Å². The number of carbonyl (C=O) groups excluding carboxylic acids is 2. The fourth-order valence-corrected chi connectivity index (χ4v) is 5.25. The van der Waals surface area contributed by atoms with Crippen LogP contribution < -0.4 is 14.8 Å². The first-order chi connectivity index (χ1) is 21.5. The number of carbonyl (C=O) groups is 2. The van der Waals surface area contributed by atoms with Crippen molar-refractivity contribution in [3.05, 3.63) is 94.0 Å². The molecular weight excluding hydrogens is 640 g/mol. The first kappa shape index (κ1) is 34.0. The van der Waals surface area contributed by atoms with Crippen molar-refractivity contribution >= 4 is 33.7 Å². The van der Waals surface area contributed by atoms with Gasteiger partial charge in [0.05, 0.1) is 13.7 Å². The van der Waals surface area contributed by atoms with Crippen LogP contribution in [0.3, 0.4) is 0 Å². The number of methoxy groups -OCH3 is 1. The molecule has 1 amide bonds. The van der Waals surface area contributed by atoms with Crippen molar-refractivity contribution in [2.45, 2.75) is 63.7 Å².